The quantitative estimate of drug-likeness (QED) is 0.626. The van der Waals surface area contributed by atoms with E-state index in [9.17, 15) is 9.59 Å². The lowest BCUT2D eigenvalue weighted by atomic mass is 10.1. The molecule has 1 amide bonds. The fourth-order valence-electron chi connectivity index (χ4n) is 2.66. The number of thiophene rings is 1. The molecule has 5 nitrogen and oxygen atoms in total. The van der Waals surface area contributed by atoms with Gasteiger partial charge in [-0.3, -0.25) is 9.59 Å². The lowest BCUT2D eigenvalue weighted by Gasteiger charge is -2.20. The molecule has 0 fully saturated rings. The molecule has 0 aliphatic heterocycles. The summed E-state index contributed by atoms with van der Waals surface area (Å²) in [4.78, 5) is 26.9. The van der Waals surface area contributed by atoms with Crippen molar-refractivity contribution < 1.29 is 19.2 Å². The van der Waals surface area contributed by atoms with Crippen LogP contribution in [0, 0.1) is 0 Å². The number of Topliss-reactive ketones (excluding diaryl/α,β-unsaturated/α-hetero) is 1. The van der Waals surface area contributed by atoms with E-state index in [0.29, 0.717) is 18.7 Å². The van der Waals surface area contributed by atoms with Crippen LogP contribution in [0.5, 0.6) is 5.75 Å². The molecule has 26 heavy (non-hydrogen) atoms. The number of hydrogen-bond donors (Lipinski definition) is 2. The molecule has 1 atom stereocenters. The maximum Gasteiger partial charge on any atom is 0.220 e. The highest BCUT2D eigenvalue weighted by atomic mass is 32.1. The van der Waals surface area contributed by atoms with Crippen LogP contribution in [-0.2, 0) is 4.79 Å². The number of hydrogen-bond acceptors (Lipinski definition) is 4. The third-order valence-corrected chi connectivity index (χ3v) is 5.14. The van der Waals surface area contributed by atoms with E-state index in [1.54, 1.807) is 35.6 Å². The molecular weight excluding hydrogens is 348 g/mol. The minimum absolute atomic E-state index is 0.0313. The summed E-state index contributed by atoms with van der Waals surface area (Å²) in [5.41, 5.74) is 0.607. The van der Waals surface area contributed by atoms with E-state index >= 15 is 0 Å². The van der Waals surface area contributed by atoms with Crippen molar-refractivity contribution in [2.24, 2.45) is 0 Å². The van der Waals surface area contributed by atoms with E-state index < -0.39 is 0 Å². The molecule has 2 aromatic rings. The molecule has 0 spiro atoms. The fourth-order valence-corrected chi connectivity index (χ4v) is 3.61. The van der Waals surface area contributed by atoms with Crippen LogP contribution < -0.4 is 15.0 Å². The number of amides is 1. The van der Waals surface area contributed by atoms with Crippen molar-refractivity contribution in [3.63, 3.8) is 0 Å². The molecule has 0 aliphatic rings. The van der Waals surface area contributed by atoms with Gasteiger partial charge in [-0.2, -0.15) is 0 Å². The average Bonchev–Trinajstić information content (AvgIpc) is 3.15. The maximum atomic E-state index is 12.2. The zero-order valence-electron chi connectivity index (χ0n) is 15.6. The van der Waals surface area contributed by atoms with Crippen molar-refractivity contribution in [1.82, 2.24) is 5.32 Å². The van der Waals surface area contributed by atoms with Crippen LogP contribution in [-0.4, -0.2) is 38.9 Å². The molecule has 0 radical (unpaired) electrons. The van der Waals surface area contributed by atoms with Crippen LogP contribution in [0.1, 0.15) is 41.0 Å². The Bertz CT molecular complexity index is 696. The van der Waals surface area contributed by atoms with Gasteiger partial charge in [-0.15, -0.1) is 11.3 Å². The summed E-state index contributed by atoms with van der Waals surface area (Å²) in [5.74, 6) is 0.621. The van der Waals surface area contributed by atoms with Crippen LogP contribution in [0.15, 0.2) is 41.8 Å². The first kappa shape index (κ1) is 20.1. The Balaban J connectivity index is 1.79. The van der Waals surface area contributed by atoms with Gasteiger partial charge in [0.2, 0.25) is 5.91 Å². The number of carbonyl (C=O) groups is 2. The SMILES string of the molecule is CCOc1ccc(C(=O)CCC(=O)NC[C@H](c2cccs2)[NH+](C)C)cc1. The second-order valence-electron chi connectivity index (χ2n) is 6.33. The Labute approximate surface area is 159 Å². The number of ether oxygens (including phenoxy) is 1. The Hall–Kier alpha value is -2.18. The van der Waals surface area contributed by atoms with Crippen molar-refractivity contribution in [1.29, 1.82) is 0 Å². The van der Waals surface area contributed by atoms with Crippen LogP contribution in [0.25, 0.3) is 0 Å². The van der Waals surface area contributed by atoms with Gasteiger partial charge in [-0.25, -0.2) is 0 Å². The topological polar surface area (TPSA) is 59.8 Å². The third-order valence-electron chi connectivity index (χ3n) is 4.15. The van der Waals surface area contributed by atoms with Gasteiger partial charge in [0.15, 0.2) is 5.78 Å². The predicted octanol–water partition coefficient (Wildman–Crippen LogP) is 2.11. The Morgan fingerprint density at radius 2 is 1.88 bits per heavy atom. The summed E-state index contributed by atoms with van der Waals surface area (Å²) in [6.07, 6.45) is 0.407. The van der Waals surface area contributed by atoms with Crippen LogP contribution in [0.2, 0.25) is 0 Å². The minimum Gasteiger partial charge on any atom is -0.494 e. The van der Waals surface area contributed by atoms with Crippen molar-refractivity contribution in [2.75, 3.05) is 27.2 Å². The van der Waals surface area contributed by atoms with Crippen LogP contribution in [0.3, 0.4) is 0 Å². The Kier molecular flexibility index (Phi) is 7.81. The molecule has 0 aliphatic carbocycles. The second-order valence-corrected chi connectivity index (χ2v) is 7.31. The highest BCUT2D eigenvalue weighted by molar-refractivity contribution is 7.10. The molecule has 1 heterocycles. The van der Waals surface area contributed by atoms with Gasteiger partial charge in [0.05, 0.1) is 32.1 Å². The summed E-state index contributed by atoms with van der Waals surface area (Å²) in [6.45, 7) is 3.08. The molecule has 2 N–H and O–H groups in total. The van der Waals surface area contributed by atoms with Gasteiger partial charge in [-0.1, -0.05) is 6.07 Å². The number of likely N-dealkylation sites (N-methyl/N-ethyl adjacent to an activating group) is 1. The highest BCUT2D eigenvalue weighted by Gasteiger charge is 2.20. The van der Waals surface area contributed by atoms with E-state index in [4.69, 9.17) is 4.74 Å². The van der Waals surface area contributed by atoms with Crippen molar-refractivity contribution in [3.8, 4) is 5.75 Å². The van der Waals surface area contributed by atoms with E-state index in [-0.39, 0.29) is 30.6 Å². The van der Waals surface area contributed by atoms with Crippen molar-refractivity contribution >= 4 is 23.0 Å². The molecule has 1 aromatic heterocycles. The second kappa shape index (κ2) is 10.1. The number of nitrogens with one attached hydrogen (secondary N) is 2. The largest absolute Gasteiger partial charge is 0.494 e. The van der Waals surface area contributed by atoms with Gasteiger partial charge in [0.1, 0.15) is 11.8 Å². The van der Waals surface area contributed by atoms with Gasteiger partial charge >= 0.3 is 0 Å². The molecule has 1 aromatic carbocycles. The van der Waals surface area contributed by atoms with E-state index in [1.165, 1.54) is 9.78 Å². The molecule has 6 heteroatoms. The molecule has 0 saturated carbocycles. The summed E-state index contributed by atoms with van der Waals surface area (Å²) in [7, 11) is 4.15. The normalized spacial score (nSPS) is 12.0. The monoisotopic (exact) mass is 375 g/mol. The highest BCUT2D eigenvalue weighted by Crippen LogP contribution is 2.16. The lowest BCUT2D eigenvalue weighted by Crippen LogP contribution is -3.06. The third kappa shape index (κ3) is 5.97. The minimum atomic E-state index is -0.0907. The van der Waals surface area contributed by atoms with Gasteiger partial charge in [0.25, 0.3) is 0 Å². The zero-order valence-corrected chi connectivity index (χ0v) is 16.4. The van der Waals surface area contributed by atoms with E-state index in [1.807, 2.05) is 18.4 Å². The smallest absolute Gasteiger partial charge is 0.220 e. The first-order valence-corrected chi connectivity index (χ1v) is 9.75. The summed E-state index contributed by atoms with van der Waals surface area (Å²) in [6, 6.07) is 11.4. The zero-order chi connectivity index (χ0) is 18.9. The van der Waals surface area contributed by atoms with Gasteiger partial charge in [0, 0.05) is 18.4 Å². The summed E-state index contributed by atoms with van der Waals surface area (Å²) < 4.78 is 5.37. The Morgan fingerprint density at radius 3 is 2.46 bits per heavy atom. The molecule has 0 saturated heterocycles. The van der Waals surface area contributed by atoms with E-state index in [2.05, 4.69) is 25.5 Å². The predicted molar refractivity (Wildman–Crippen MR) is 104 cm³/mol. The fraction of sp³-hybridized carbons (Fsp3) is 0.400. The number of benzene rings is 1. The van der Waals surface area contributed by atoms with Crippen molar-refractivity contribution in [3.05, 3.63) is 52.2 Å². The number of ketones is 1. The van der Waals surface area contributed by atoms with E-state index in [0.717, 1.165) is 5.75 Å². The van der Waals surface area contributed by atoms with Crippen LogP contribution in [0.4, 0.5) is 0 Å². The van der Waals surface area contributed by atoms with Crippen molar-refractivity contribution in [2.45, 2.75) is 25.8 Å². The summed E-state index contributed by atoms with van der Waals surface area (Å²) in [5, 5.41) is 5.00. The molecule has 0 bridgehead atoms. The summed E-state index contributed by atoms with van der Waals surface area (Å²) >= 11 is 1.69. The molecule has 0 unspecified atom stereocenters. The van der Waals surface area contributed by atoms with Gasteiger partial charge in [-0.05, 0) is 42.6 Å². The maximum absolute atomic E-state index is 12.2. The average molecular weight is 376 g/mol. The molecule has 140 valence electrons. The number of quaternary nitrogens is 1. The number of carbonyl (C=O) groups excluding carboxylic acids is 2. The first-order valence-electron chi connectivity index (χ1n) is 8.87. The standard InChI is InChI=1S/C20H26N2O3S/c1-4-25-16-9-7-15(8-10-16)18(23)11-12-20(24)21-14-17(22(2)3)19-6-5-13-26-19/h5-10,13,17H,4,11-12,14H2,1-3H3,(H,21,24)/p+1/t17-/m1/s1. The van der Waals surface area contributed by atoms with Crippen LogP contribution >= 0.6 is 11.3 Å². The molecular formula is C20H27N2O3S+. The Morgan fingerprint density at radius 1 is 1.15 bits per heavy atom. The number of rotatable bonds is 10. The lowest BCUT2D eigenvalue weighted by molar-refractivity contribution is -0.890. The molecule has 2 rings (SSSR count). The first-order chi connectivity index (χ1) is 12.5. The van der Waals surface area contributed by atoms with Gasteiger partial charge < -0.3 is 15.0 Å².